The Morgan fingerprint density at radius 1 is 1.07 bits per heavy atom. The first-order chi connectivity index (χ1) is 13.2. The van der Waals surface area contributed by atoms with Crippen LogP contribution in [0.2, 0.25) is 0 Å². The number of rotatable bonds is 5. The van der Waals surface area contributed by atoms with E-state index in [1.54, 1.807) is 43.0 Å². The molecule has 0 aliphatic heterocycles. The third-order valence-corrected chi connectivity index (χ3v) is 4.82. The van der Waals surface area contributed by atoms with Crippen molar-refractivity contribution in [1.29, 1.82) is 0 Å². The lowest BCUT2D eigenvalue weighted by atomic mass is 10.2. The molecule has 0 atom stereocenters. The lowest BCUT2D eigenvalue weighted by molar-refractivity contribution is 0.102. The van der Waals surface area contributed by atoms with Gasteiger partial charge in [0, 0.05) is 16.5 Å². The summed E-state index contributed by atoms with van der Waals surface area (Å²) >= 11 is 1.45. The number of aromatic nitrogens is 3. The van der Waals surface area contributed by atoms with Gasteiger partial charge in [0.25, 0.3) is 11.9 Å². The highest BCUT2D eigenvalue weighted by atomic mass is 32.1. The predicted octanol–water partition coefficient (Wildman–Crippen LogP) is 3.73. The summed E-state index contributed by atoms with van der Waals surface area (Å²) in [5, 5.41) is 9.13. The Morgan fingerprint density at radius 3 is 2.59 bits per heavy atom. The number of anilines is 1. The molecule has 2 aromatic carbocycles. The molecule has 27 heavy (non-hydrogen) atoms. The fraction of sp³-hybridized carbons (Fsp3) is 0.105. The lowest BCUT2D eigenvalue weighted by Gasteiger charge is -2.04. The number of thiazole rings is 1. The average Bonchev–Trinajstić information content (AvgIpc) is 3.28. The van der Waals surface area contributed by atoms with E-state index in [2.05, 4.69) is 15.4 Å². The highest BCUT2D eigenvalue weighted by Gasteiger charge is 2.15. The molecule has 1 N–H and O–H groups in total. The number of methoxy groups -OCH3 is 2. The molecule has 7 nitrogen and oxygen atoms in total. The van der Waals surface area contributed by atoms with Gasteiger partial charge in [-0.15, -0.1) is 16.4 Å². The van der Waals surface area contributed by atoms with Crippen molar-refractivity contribution >= 4 is 28.2 Å². The molecule has 0 saturated heterocycles. The van der Waals surface area contributed by atoms with Crippen LogP contribution in [0.4, 0.5) is 5.95 Å². The van der Waals surface area contributed by atoms with Gasteiger partial charge in [-0.1, -0.05) is 18.2 Å². The number of hydrogen-bond acceptors (Lipinski definition) is 6. The van der Waals surface area contributed by atoms with Gasteiger partial charge < -0.3 is 9.47 Å². The standard InChI is InChI=1S/C19H16N4O3S/c1-25-14-7-3-5-12(9-14)16-11-27-19-21-18(22-23(16)19)20-17(24)13-6-4-8-15(10-13)26-2/h3-11H,1-2H3,(H,20,22,24). The number of nitrogens with one attached hydrogen (secondary N) is 1. The van der Waals surface area contributed by atoms with Crippen LogP contribution in [0.25, 0.3) is 16.2 Å². The zero-order valence-electron chi connectivity index (χ0n) is 14.7. The van der Waals surface area contributed by atoms with E-state index < -0.39 is 0 Å². The van der Waals surface area contributed by atoms with Crippen LogP contribution in [0, 0.1) is 0 Å². The number of carbonyl (C=O) groups excluding carboxylic acids is 1. The summed E-state index contributed by atoms with van der Waals surface area (Å²) in [6.45, 7) is 0. The number of benzene rings is 2. The molecule has 0 aliphatic carbocycles. The van der Waals surface area contributed by atoms with Crippen molar-refractivity contribution in [1.82, 2.24) is 14.6 Å². The second-order valence-corrected chi connectivity index (χ2v) is 6.51. The molecule has 8 heteroatoms. The first kappa shape index (κ1) is 17.0. The third kappa shape index (κ3) is 3.34. The van der Waals surface area contributed by atoms with Gasteiger partial charge in [-0.05, 0) is 30.3 Å². The van der Waals surface area contributed by atoms with Crippen LogP contribution in [0.5, 0.6) is 11.5 Å². The Hall–Kier alpha value is -3.39. The Balaban J connectivity index is 1.62. The molecule has 0 saturated carbocycles. The maximum atomic E-state index is 12.5. The quantitative estimate of drug-likeness (QED) is 0.571. The van der Waals surface area contributed by atoms with Crippen LogP contribution in [0.1, 0.15) is 10.4 Å². The number of hydrogen-bond donors (Lipinski definition) is 1. The van der Waals surface area contributed by atoms with E-state index in [0.717, 1.165) is 17.0 Å². The van der Waals surface area contributed by atoms with Gasteiger partial charge in [-0.3, -0.25) is 10.1 Å². The molecule has 0 bridgehead atoms. The molecule has 2 aromatic heterocycles. The summed E-state index contributed by atoms with van der Waals surface area (Å²) in [5.74, 6) is 1.33. The molecule has 0 spiro atoms. The van der Waals surface area contributed by atoms with Gasteiger partial charge in [0.1, 0.15) is 11.5 Å². The molecule has 4 aromatic rings. The largest absolute Gasteiger partial charge is 0.497 e. The SMILES string of the molecule is COc1cccc(C(=O)Nc2nc3scc(-c4cccc(OC)c4)n3n2)c1. The van der Waals surface area contributed by atoms with Crippen molar-refractivity contribution < 1.29 is 14.3 Å². The van der Waals surface area contributed by atoms with Gasteiger partial charge in [0.2, 0.25) is 4.96 Å². The number of amides is 1. The van der Waals surface area contributed by atoms with Crippen LogP contribution in [0.15, 0.2) is 53.9 Å². The molecule has 0 fully saturated rings. The minimum Gasteiger partial charge on any atom is -0.497 e. The third-order valence-electron chi connectivity index (χ3n) is 4.00. The Bertz CT molecular complexity index is 1120. The summed E-state index contributed by atoms with van der Waals surface area (Å²) < 4.78 is 12.1. The van der Waals surface area contributed by atoms with Gasteiger partial charge in [-0.25, -0.2) is 4.52 Å². The zero-order valence-corrected chi connectivity index (χ0v) is 15.5. The molecule has 1 amide bonds. The van der Waals surface area contributed by atoms with Gasteiger partial charge in [0.05, 0.1) is 19.9 Å². The minimum absolute atomic E-state index is 0.249. The summed E-state index contributed by atoms with van der Waals surface area (Å²) in [4.78, 5) is 17.5. The van der Waals surface area contributed by atoms with Crippen LogP contribution in [-0.4, -0.2) is 34.7 Å². The molecule has 136 valence electrons. The van der Waals surface area contributed by atoms with Crippen molar-refractivity contribution in [3.63, 3.8) is 0 Å². The maximum absolute atomic E-state index is 12.5. The Kier molecular flexibility index (Phi) is 4.47. The smallest absolute Gasteiger partial charge is 0.258 e. The molecule has 2 heterocycles. The van der Waals surface area contributed by atoms with Crippen LogP contribution in [-0.2, 0) is 0 Å². The maximum Gasteiger partial charge on any atom is 0.258 e. The second-order valence-electron chi connectivity index (χ2n) is 5.67. The van der Waals surface area contributed by atoms with Crippen molar-refractivity contribution in [2.24, 2.45) is 0 Å². The van der Waals surface area contributed by atoms with E-state index in [1.807, 2.05) is 29.6 Å². The van der Waals surface area contributed by atoms with Crippen molar-refractivity contribution in [2.75, 3.05) is 19.5 Å². The minimum atomic E-state index is -0.296. The fourth-order valence-electron chi connectivity index (χ4n) is 2.65. The first-order valence-electron chi connectivity index (χ1n) is 8.12. The van der Waals surface area contributed by atoms with Crippen molar-refractivity contribution in [3.8, 4) is 22.8 Å². The molecule has 4 rings (SSSR count). The summed E-state index contributed by atoms with van der Waals surface area (Å²) in [7, 11) is 3.19. The van der Waals surface area contributed by atoms with E-state index in [-0.39, 0.29) is 11.9 Å². The normalized spacial score (nSPS) is 10.7. The average molecular weight is 380 g/mol. The lowest BCUT2D eigenvalue weighted by Crippen LogP contribution is -2.13. The van der Waals surface area contributed by atoms with Crippen LogP contribution < -0.4 is 14.8 Å². The van der Waals surface area contributed by atoms with E-state index in [9.17, 15) is 4.79 Å². The monoisotopic (exact) mass is 380 g/mol. The summed E-state index contributed by atoms with van der Waals surface area (Å²) in [5.41, 5.74) is 2.31. The Labute approximate surface area is 159 Å². The van der Waals surface area contributed by atoms with Gasteiger partial charge in [0.15, 0.2) is 0 Å². The highest BCUT2D eigenvalue weighted by molar-refractivity contribution is 7.15. The molecule has 0 radical (unpaired) electrons. The molecular weight excluding hydrogens is 364 g/mol. The van der Waals surface area contributed by atoms with E-state index >= 15 is 0 Å². The van der Waals surface area contributed by atoms with Crippen molar-refractivity contribution in [2.45, 2.75) is 0 Å². The summed E-state index contributed by atoms with van der Waals surface area (Å²) in [6, 6.07) is 14.6. The second kappa shape index (κ2) is 7.08. The van der Waals surface area contributed by atoms with Gasteiger partial charge >= 0.3 is 0 Å². The van der Waals surface area contributed by atoms with E-state index in [0.29, 0.717) is 16.3 Å². The van der Waals surface area contributed by atoms with Crippen LogP contribution in [0.3, 0.4) is 0 Å². The number of ether oxygens (including phenoxy) is 2. The molecule has 0 unspecified atom stereocenters. The number of carbonyl (C=O) groups is 1. The number of nitrogens with zero attached hydrogens (tertiary/aromatic N) is 3. The zero-order chi connectivity index (χ0) is 18.8. The first-order valence-corrected chi connectivity index (χ1v) is 9.00. The Morgan fingerprint density at radius 2 is 1.81 bits per heavy atom. The number of fused-ring (bicyclic) bond motifs is 1. The molecular formula is C19H16N4O3S. The predicted molar refractivity (Wildman–Crippen MR) is 104 cm³/mol. The highest BCUT2D eigenvalue weighted by Crippen LogP contribution is 2.28. The van der Waals surface area contributed by atoms with E-state index in [1.165, 1.54) is 11.3 Å². The van der Waals surface area contributed by atoms with E-state index in [4.69, 9.17) is 9.47 Å². The fourth-order valence-corrected chi connectivity index (χ4v) is 3.48. The van der Waals surface area contributed by atoms with Gasteiger partial charge in [-0.2, -0.15) is 4.98 Å². The summed E-state index contributed by atoms with van der Waals surface area (Å²) in [6.07, 6.45) is 0. The molecule has 0 aliphatic rings. The van der Waals surface area contributed by atoms with Crippen LogP contribution >= 0.6 is 11.3 Å². The van der Waals surface area contributed by atoms with Crippen molar-refractivity contribution in [3.05, 3.63) is 59.5 Å². The topological polar surface area (TPSA) is 77.8 Å².